The van der Waals surface area contributed by atoms with Gasteiger partial charge in [-0.3, -0.25) is 0 Å². The summed E-state index contributed by atoms with van der Waals surface area (Å²) in [6.45, 7) is 2.98. The normalized spacial score (nSPS) is 24.6. The van der Waals surface area contributed by atoms with Crippen LogP contribution in [0, 0.1) is 12.8 Å². The van der Waals surface area contributed by atoms with Crippen molar-refractivity contribution in [1.82, 2.24) is 4.98 Å². The van der Waals surface area contributed by atoms with Gasteiger partial charge in [-0.05, 0) is 66.1 Å². The summed E-state index contributed by atoms with van der Waals surface area (Å²) in [5.74, 6) is 1.58. The molecule has 1 saturated carbocycles. The van der Waals surface area contributed by atoms with Crippen LogP contribution >= 0.6 is 15.9 Å². The van der Waals surface area contributed by atoms with Gasteiger partial charge >= 0.3 is 0 Å². The van der Waals surface area contributed by atoms with E-state index in [2.05, 4.69) is 32.3 Å². The number of hydrogen-bond donors (Lipinski definition) is 2. The number of nitrogens with zero attached hydrogens (tertiary/aromatic N) is 1. The van der Waals surface area contributed by atoms with E-state index in [1.54, 1.807) is 0 Å². The monoisotopic (exact) mass is 298 g/mol. The minimum Gasteiger partial charge on any atom is -0.393 e. The molecule has 0 aromatic carbocycles. The minimum atomic E-state index is -0.0736. The van der Waals surface area contributed by atoms with Crippen molar-refractivity contribution in [3.05, 3.63) is 22.3 Å². The zero-order valence-corrected chi connectivity index (χ0v) is 11.7. The van der Waals surface area contributed by atoms with E-state index in [4.69, 9.17) is 0 Å². The van der Waals surface area contributed by atoms with Crippen LogP contribution in [-0.2, 0) is 0 Å². The fourth-order valence-electron chi connectivity index (χ4n) is 2.25. The second kappa shape index (κ2) is 5.83. The van der Waals surface area contributed by atoms with Crippen molar-refractivity contribution in [2.75, 3.05) is 11.9 Å². The highest BCUT2D eigenvalue weighted by molar-refractivity contribution is 9.10. The van der Waals surface area contributed by atoms with Crippen LogP contribution < -0.4 is 5.32 Å². The third-order valence-electron chi connectivity index (χ3n) is 3.35. The number of hydrogen-bond acceptors (Lipinski definition) is 3. The molecule has 17 heavy (non-hydrogen) atoms. The highest BCUT2D eigenvalue weighted by Gasteiger charge is 2.19. The fraction of sp³-hybridized carbons (Fsp3) is 0.615. The molecule has 1 aliphatic rings. The van der Waals surface area contributed by atoms with Crippen molar-refractivity contribution >= 4 is 21.7 Å². The van der Waals surface area contributed by atoms with Gasteiger partial charge in [-0.1, -0.05) is 0 Å². The molecular weight excluding hydrogens is 280 g/mol. The molecule has 94 valence electrons. The molecule has 0 spiro atoms. The lowest BCUT2D eigenvalue weighted by molar-refractivity contribution is 0.111. The highest BCUT2D eigenvalue weighted by Crippen LogP contribution is 2.26. The summed E-state index contributed by atoms with van der Waals surface area (Å²) < 4.78 is 1.02. The van der Waals surface area contributed by atoms with Gasteiger partial charge < -0.3 is 10.4 Å². The lowest BCUT2D eigenvalue weighted by Gasteiger charge is -2.25. The van der Waals surface area contributed by atoms with Crippen LogP contribution in [0.15, 0.2) is 16.7 Å². The van der Waals surface area contributed by atoms with Crippen LogP contribution in [0.25, 0.3) is 0 Å². The Morgan fingerprint density at radius 1 is 1.41 bits per heavy atom. The molecule has 4 heteroatoms. The molecule has 1 aromatic heterocycles. The van der Waals surface area contributed by atoms with Crippen molar-refractivity contribution in [2.45, 2.75) is 38.7 Å². The maximum absolute atomic E-state index is 9.45. The van der Waals surface area contributed by atoms with E-state index >= 15 is 0 Å². The van der Waals surface area contributed by atoms with E-state index < -0.39 is 0 Å². The first-order chi connectivity index (χ1) is 8.15. The number of nitrogens with one attached hydrogen (secondary N) is 1. The van der Waals surface area contributed by atoms with Gasteiger partial charge in [-0.2, -0.15) is 0 Å². The van der Waals surface area contributed by atoms with Crippen molar-refractivity contribution < 1.29 is 5.11 Å². The molecule has 0 atom stereocenters. The molecule has 0 radical (unpaired) electrons. The zero-order chi connectivity index (χ0) is 12.3. The molecule has 2 rings (SSSR count). The Bertz CT molecular complexity index is 376. The van der Waals surface area contributed by atoms with E-state index in [1.165, 1.54) is 0 Å². The van der Waals surface area contributed by atoms with E-state index in [0.29, 0.717) is 5.92 Å². The van der Waals surface area contributed by atoms with Crippen LogP contribution in [0.5, 0.6) is 0 Å². The topological polar surface area (TPSA) is 45.2 Å². The molecule has 1 aromatic rings. The van der Waals surface area contributed by atoms with Gasteiger partial charge in [-0.25, -0.2) is 4.98 Å². The van der Waals surface area contributed by atoms with Crippen molar-refractivity contribution in [3.8, 4) is 0 Å². The first kappa shape index (κ1) is 12.8. The number of aryl methyl sites for hydroxylation is 1. The number of aromatic nitrogens is 1. The minimum absolute atomic E-state index is 0.0736. The summed E-state index contributed by atoms with van der Waals surface area (Å²) >= 11 is 3.52. The van der Waals surface area contributed by atoms with E-state index in [1.807, 2.05) is 13.1 Å². The van der Waals surface area contributed by atoms with E-state index in [0.717, 1.165) is 48.1 Å². The van der Waals surface area contributed by atoms with Gasteiger partial charge in [0.25, 0.3) is 0 Å². The molecule has 0 amide bonds. The van der Waals surface area contributed by atoms with Crippen molar-refractivity contribution in [2.24, 2.45) is 5.92 Å². The van der Waals surface area contributed by atoms with Crippen LogP contribution in [-0.4, -0.2) is 22.7 Å². The average molecular weight is 299 g/mol. The molecule has 0 unspecified atom stereocenters. The maximum Gasteiger partial charge on any atom is 0.140 e. The SMILES string of the molecule is Cc1cnc(NCC2CCC(O)CC2)c(Br)c1. The predicted octanol–water partition coefficient (Wildman–Crippen LogP) is 3.12. The first-order valence-corrected chi connectivity index (χ1v) is 6.98. The van der Waals surface area contributed by atoms with Gasteiger partial charge in [0.1, 0.15) is 5.82 Å². The number of halogens is 1. The van der Waals surface area contributed by atoms with Gasteiger partial charge in [0.05, 0.1) is 10.6 Å². The Kier molecular flexibility index (Phi) is 4.40. The molecule has 1 fully saturated rings. The number of aliphatic hydroxyl groups excluding tert-OH is 1. The molecular formula is C13H19BrN2O. The first-order valence-electron chi connectivity index (χ1n) is 6.19. The smallest absolute Gasteiger partial charge is 0.140 e. The van der Waals surface area contributed by atoms with E-state index in [-0.39, 0.29) is 6.10 Å². The summed E-state index contributed by atoms with van der Waals surface area (Å²) in [5, 5.41) is 12.8. The average Bonchev–Trinajstić information content (AvgIpc) is 2.30. The maximum atomic E-state index is 9.45. The van der Waals surface area contributed by atoms with E-state index in [9.17, 15) is 5.11 Å². The second-order valence-electron chi connectivity index (χ2n) is 4.90. The van der Waals surface area contributed by atoms with Gasteiger partial charge in [-0.15, -0.1) is 0 Å². The fourth-order valence-corrected chi connectivity index (χ4v) is 2.86. The quantitative estimate of drug-likeness (QED) is 0.901. The number of pyridine rings is 1. The Morgan fingerprint density at radius 3 is 2.76 bits per heavy atom. The lowest BCUT2D eigenvalue weighted by atomic mass is 9.87. The number of anilines is 1. The van der Waals surface area contributed by atoms with Crippen LogP contribution in [0.4, 0.5) is 5.82 Å². The predicted molar refractivity (Wildman–Crippen MR) is 73.1 cm³/mol. The summed E-state index contributed by atoms with van der Waals surface area (Å²) in [5.41, 5.74) is 1.16. The second-order valence-corrected chi connectivity index (χ2v) is 5.75. The van der Waals surface area contributed by atoms with Gasteiger partial charge in [0.15, 0.2) is 0 Å². The molecule has 1 heterocycles. The van der Waals surface area contributed by atoms with Gasteiger partial charge in [0.2, 0.25) is 0 Å². The molecule has 1 aliphatic carbocycles. The number of aliphatic hydroxyl groups is 1. The Labute approximate surface area is 111 Å². The number of rotatable bonds is 3. The summed E-state index contributed by atoms with van der Waals surface area (Å²) in [4.78, 5) is 4.37. The Morgan fingerprint density at radius 2 is 2.12 bits per heavy atom. The molecule has 0 bridgehead atoms. The van der Waals surface area contributed by atoms with Gasteiger partial charge in [0, 0.05) is 12.7 Å². The standard InChI is InChI=1S/C13H19BrN2O/c1-9-6-12(14)13(15-7-9)16-8-10-2-4-11(17)5-3-10/h6-7,10-11,17H,2-5,8H2,1H3,(H,15,16). The largest absolute Gasteiger partial charge is 0.393 e. The third-order valence-corrected chi connectivity index (χ3v) is 3.96. The van der Waals surface area contributed by atoms with Crippen molar-refractivity contribution in [1.29, 1.82) is 0 Å². The van der Waals surface area contributed by atoms with Crippen molar-refractivity contribution in [3.63, 3.8) is 0 Å². The molecule has 0 aliphatic heterocycles. The summed E-state index contributed by atoms with van der Waals surface area (Å²) in [7, 11) is 0. The van der Waals surface area contributed by atoms with Crippen LogP contribution in [0.2, 0.25) is 0 Å². The van der Waals surface area contributed by atoms with Crippen LogP contribution in [0.1, 0.15) is 31.2 Å². The third kappa shape index (κ3) is 3.68. The lowest BCUT2D eigenvalue weighted by Crippen LogP contribution is -2.23. The summed E-state index contributed by atoms with van der Waals surface area (Å²) in [6, 6.07) is 2.07. The Hall–Kier alpha value is -0.610. The molecule has 0 saturated heterocycles. The molecule has 3 nitrogen and oxygen atoms in total. The van der Waals surface area contributed by atoms with Crippen LogP contribution in [0.3, 0.4) is 0 Å². The highest BCUT2D eigenvalue weighted by atomic mass is 79.9. The molecule has 2 N–H and O–H groups in total. The Balaban J connectivity index is 1.85. The zero-order valence-electron chi connectivity index (χ0n) is 10.1. The summed E-state index contributed by atoms with van der Waals surface area (Å²) in [6.07, 6.45) is 5.90.